The molecule has 0 saturated carbocycles. The SMILES string of the molecule is CC[N+]1(CC)CN2C(=N1)C(C(=O)[O-])=Cc1ccc(C)cc12. The minimum Gasteiger partial charge on any atom is -0.545 e. The Labute approximate surface area is 124 Å². The number of anilines is 1. The summed E-state index contributed by atoms with van der Waals surface area (Å²) in [5.74, 6) is -0.644. The fraction of sp³-hybridized carbons (Fsp3) is 0.375. The van der Waals surface area contributed by atoms with Crippen LogP contribution in [0.2, 0.25) is 0 Å². The van der Waals surface area contributed by atoms with Crippen LogP contribution in [0.1, 0.15) is 25.0 Å². The Balaban J connectivity index is 2.19. The van der Waals surface area contributed by atoms with E-state index in [1.54, 1.807) is 6.08 Å². The molecule has 5 nitrogen and oxygen atoms in total. The zero-order chi connectivity index (χ0) is 15.2. The van der Waals surface area contributed by atoms with Crippen molar-refractivity contribution in [2.24, 2.45) is 5.10 Å². The van der Waals surface area contributed by atoms with E-state index in [4.69, 9.17) is 5.10 Å². The van der Waals surface area contributed by atoms with Crippen molar-refractivity contribution in [1.82, 2.24) is 0 Å². The molecule has 0 spiro atoms. The van der Waals surface area contributed by atoms with Crippen molar-refractivity contribution in [3.8, 4) is 0 Å². The van der Waals surface area contributed by atoms with Crippen LogP contribution >= 0.6 is 0 Å². The lowest BCUT2D eigenvalue weighted by Gasteiger charge is -2.29. The highest BCUT2D eigenvalue weighted by Crippen LogP contribution is 2.36. The lowest BCUT2D eigenvalue weighted by Crippen LogP contribution is -2.46. The van der Waals surface area contributed by atoms with Crippen LogP contribution in [0.15, 0.2) is 28.9 Å². The van der Waals surface area contributed by atoms with E-state index in [2.05, 4.69) is 19.9 Å². The number of hydrogen-bond acceptors (Lipinski definition) is 4. The third-order valence-corrected chi connectivity index (χ3v) is 4.38. The van der Waals surface area contributed by atoms with Crippen LogP contribution in [0.25, 0.3) is 6.08 Å². The van der Waals surface area contributed by atoms with Gasteiger partial charge in [-0.2, -0.15) is 4.59 Å². The molecule has 21 heavy (non-hydrogen) atoms. The van der Waals surface area contributed by atoms with E-state index in [1.165, 1.54) is 0 Å². The number of amidine groups is 1. The Morgan fingerprint density at radius 1 is 1.38 bits per heavy atom. The van der Waals surface area contributed by atoms with Gasteiger partial charge < -0.3 is 9.90 Å². The number of hydrogen-bond donors (Lipinski definition) is 0. The van der Waals surface area contributed by atoms with Gasteiger partial charge >= 0.3 is 0 Å². The highest BCUT2D eigenvalue weighted by molar-refractivity contribution is 6.28. The first-order valence-electron chi connectivity index (χ1n) is 7.27. The average molecular weight is 285 g/mol. The second kappa shape index (κ2) is 4.70. The number of aliphatic carboxylic acids is 1. The molecule has 3 rings (SSSR count). The minimum atomic E-state index is -1.17. The molecule has 0 aliphatic carbocycles. The molecular weight excluding hydrogens is 266 g/mol. The smallest absolute Gasteiger partial charge is 0.202 e. The second-order valence-electron chi connectivity index (χ2n) is 5.63. The standard InChI is InChI=1S/C16H19N3O2/c1-4-19(5-2)10-18-14-8-11(3)6-7-12(14)9-13(16(20)21)15(18)17-19/h6-9H,4-5,10H2,1-3H3. The summed E-state index contributed by atoms with van der Waals surface area (Å²) in [6, 6.07) is 6.02. The molecule has 2 aliphatic heterocycles. The second-order valence-corrected chi connectivity index (χ2v) is 5.63. The first-order chi connectivity index (χ1) is 9.99. The summed E-state index contributed by atoms with van der Waals surface area (Å²) >= 11 is 0. The summed E-state index contributed by atoms with van der Waals surface area (Å²) in [7, 11) is 0. The summed E-state index contributed by atoms with van der Waals surface area (Å²) in [4.78, 5) is 13.5. The first-order valence-corrected chi connectivity index (χ1v) is 7.27. The molecule has 2 heterocycles. The van der Waals surface area contributed by atoms with Crippen molar-refractivity contribution >= 4 is 23.6 Å². The maximum Gasteiger partial charge on any atom is 0.202 e. The number of carboxylic acids is 1. The maximum atomic E-state index is 11.5. The van der Waals surface area contributed by atoms with Crippen LogP contribution in [0.4, 0.5) is 5.69 Å². The van der Waals surface area contributed by atoms with E-state index < -0.39 is 5.97 Å². The number of carbonyl (C=O) groups excluding carboxylic acids is 1. The van der Waals surface area contributed by atoms with Crippen LogP contribution < -0.4 is 10.0 Å². The molecule has 1 aromatic rings. The van der Waals surface area contributed by atoms with Crippen LogP contribution in [0, 0.1) is 6.92 Å². The predicted molar refractivity (Wildman–Crippen MR) is 80.3 cm³/mol. The zero-order valence-electron chi connectivity index (χ0n) is 12.6. The molecule has 1 aromatic carbocycles. The van der Waals surface area contributed by atoms with Crippen LogP contribution in [0.5, 0.6) is 0 Å². The highest BCUT2D eigenvalue weighted by Gasteiger charge is 2.41. The third kappa shape index (κ3) is 2.05. The zero-order valence-corrected chi connectivity index (χ0v) is 12.6. The Bertz CT molecular complexity index is 672. The number of fused-ring (bicyclic) bond motifs is 3. The van der Waals surface area contributed by atoms with Gasteiger partial charge in [0, 0.05) is 5.57 Å². The van der Waals surface area contributed by atoms with Gasteiger partial charge in [0.25, 0.3) is 0 Å². The predicted octanol–water partition coefficient (Wildman–Crippen LogP) is 1.09. The Kier molecular flexibility index (Phi) is 3.10. The molecule has 0 bridgehead atoms. The summed E-state index contributed by atoms with van der Waals surface area (Å²) in [5.41, 5.74) is 3.26. The van der Waals surface area contributed by atoms with Gasteiger partial charge in [-0.3, -0.25) is 4.90 Å². The minimum absolute atomic E-state index is 0.174. The van der Waals surface area contributed by atoms with E-state index >= 15 is 0 Å². The van der Waals surface area contributed by atoms with Gasteiger partial charge in [0.2, 0.25) is 5.84 Å². The van der Waals surface area contributed by atoms with E-state index in [0.29, 0.717) is 17.1 Å². The van der Waals surface area contributed by atoms with Crippen molar-refractivity contribution in [2.45, 2.75) is 20.8 Å². The van der Waals surface area contributed by atoms with Crippen molar-refractivity contribution in [3.05, 3.63) is 34.9 Å². The number of carboxylic acid groups (broad SMARTS) is 1. The summed E-state index contributed by atoms with van der Waals surface area (Å²) in [6.45, 7) is 8.52. The van der Waals surface area contributed by atoms with Gasteiger partial charge in [0.15, 0.2) is 6.67 Å². The van der Waals surface area contributed by atoms with Gasteiger partial charge in [-0.1, -0.05) is 17.2 Å². The average Bonchev–Trinajstić information content (AvgIpc) is 2.87. The van der Waals surface area contributed by atoms with Crippen LogP contribution in [-0.4, -0.2) is 36.2 Å². The normalized spacial score (nSPS) is 18.7. The monoisotopic (exact) mass is 285 g/mol. The van der Waals surface area contributed by atoms with Crippen molar-refractivity contribution in [1.29, 1.82) is 0 Å². The number of quaternary nitrogens is 1. The van der Waals surface area contributed by atoms with Crippen LogP contribution in [-0.2, 0) is 4.79 Å². The Morgan fingerprint density at radius 3 is 2.71 bits per heavy atom. The molecule has 0 saturated heterocycles. The fourth-order valence-electron chi connectivity index (χ4n) is 2.95. The largest absolute Gasteiger partial charge is 0.545 e. The van der Waals surface area contributed by atoms with Gasteiger partial charge in [-0.15, -0.1) is 0 Å². The molecule has 0 unspecified atom stereocenters. The maximum absolute atomic E-state index is 11.5. The number of aryl methyl sites for hydroxylation is 1. The molecule has 2 aliphatic rings. The summed E-state index contributed by atoms with van der Waals surface area (Å²) in [5, 5.41) is 16.2. The highest BCUT2D eigenvalue weighted by atomic mass is 16.4. The first kappa shape index (κ1) is 13.8. The molecule has 110 valence electrons. The van der Waals surface area contributed by atoms with Crippen molar-refractivity contribution in [3.63, 3.8) is 0 Å². The van der Waals surface area contributed by atoms with Gasteiger partial charge in [-0.25, -0.2) is 0 Å². The Hall–Kier alpha value is -2.14. The molecule has 0 N–H and O–H groups in total. The molecule has 5 heteroatoms. The topological polar surface area (TPSA) is 55.7 Å². The third-order valence-electron chi connectivity index (χ3n) is 4.38. The van der Waals surface area contributed by atoms with E-state index in [0.717, 1.165) is 29.9 Å². The molecule has 0 amide bonds. The molecule has 0 aromatic heterocycles. The lowest BCUT2D eigenvalue weighted by molar-refractivity contribution is -0.925. The van der Waals surface area contributed by atoms with E-state index in [9.17, 15) is 9.90 Å². The van der Waals surface area contributed by atoms with Crippen molar-refractivity contribution in [2.75, 3.05) is 24.7 Å². The van der Waals surface area contributed by atoms with Gasteiger partial charge in [0.05, 0.1) is 11.7 Å². The molecule has 0 radical (unpaired) electrons. The van der Waals surface area contributed by atoms with Crippen LogP contribution in [0.3, 0.4) is 0 Å². The summed E-state index contributed by atoms with van der Waals surface area (Å²) < 4.78 is 0.521. The number of carbonyl (C=O) groups is 1. The molecular formula is C16H19N3O2. The Morgan fingerprint density at radius 2 is 2.10 bits per heavy atom. The van der Waals surface area contributed by atoms with Gasteiger partial charge in [-0.05, 0) is 44.0 Å². The lowest BCUT2D eigenvalue weighted by atomic mass is 10.0. The van der Waals surface area contributed by atoms with E-state index in [-0.39, 0.29) is 5.57 Å². The quantitative estimate of drug-likeness (QED) is 0.781. The summed E-state index contributed by atoms with van der Waals surface area (Å²) in [6.07, 6.45) is 1.67. The number of rotatable bonds is 3. The molecule has 0 atom stereocenters. The van der Waals surface area contributed by atoms with E-state index in [1.807, 2.05) is 24.0 Å². The number of benzene rings is 1. The fourth-order valence-corrected chi connectivity index (χ4v) is 2.95. The molecule has 0 fully saturated rings. The number of nitrogens with zero attached hydrogens (tertiary/aromatic N) is 3. The van der Waals surface area contributed by atoms with Crippen molar-refractivity contribution < 1.29 is 14.5 Å². The van der Waals surface area contributed by atoms with Gasteiger partial charge in [0.1, 0.15) is 13.1 Å².